The van der Waals surface area contributed by atoms with Crippen LogP contribution in [-0.2, 0) is 42.7 Å². The highest BCUT2D eigenvalue weighted by Crippen LogP contribution is 2.36. The third-order valence-corrected chi connectivity index (χ3v) is 8.73. The first kappa shape index (κ1) is 40.9. The Balaban J connectivity index is 1.61. The van der Waals surface area contributed by atoms with E-state index in [1.807, 2.05) is 0 Å². The Hall–Kier alpha value is -1.86. The second-order valence-corrected chi connectivity index (χ2v) is 12.2. The lowest BCUT2D eigenvalue weighted by Crippen LogP contribution is -2.67. The lowest BCUT2D eigenvalue weighted by Gasteiger charge is -2.49. The zero-order valence-electron chi connectivity index (χ0n) is 25.7. The minimum Gasteiger partial charge on any atom is -0.479 e. The van der Waals surface area contributed by atoms with Crippen LogP contribution in [0, 0.1) is 0 Å². The summed E-state index contributed by atoms with van der Waals surface area (Å²) >= 11 is 0. The number of carboxylic acids is 2. The van der Waals surface area contributed by atoms with Gasteiger partial charge >= 0.3 is 11.9 Å². The summed E-state index contributed by atoms with van der Waals surface area (Å²) in [6.07, 6.45) is -39.1. The third kappa shape index (κ3) is 8.19. The normalized spacial score (nSPS) is 49.3. The van der Waals surface area contributed by atoms with Crippen molar-refractivity contribution in [2.75, 3.05) is 19.8 Å². The summed E-state index contributed by atoms with van der Waals surface area (Å²) in [6, 6.07) is 0. The summed E-state index contributed by atoms with van der Waals surface area (Å²) in [5, 5.41) is 152. The van der Waals surface area contributed by atoms with Gasteiger partial charge in [-0.2, -0.15) is 0 Å². The molecule has 0 saturated carbocycles. The molecule has 24 nitrogen and oxygen atoms in total. The van der Waals surface area contributed by atoms with Crippen LogP contribution in [0.15, 0.2) is 0 Å². The fourth-order valence-corrected chi connectivity index (χ4v) is 5.86. The number of aliphatic carboxylic acids is 2. The summed E-state index contributed by atoms with van der Waals surface area (Å²) in [4.78, 5) is 23.2. The second kappa shape index (κ2) is 16.4. The predicted molar refractivity (Wildman–Crippen MR) is 146 cm³/mol. The van der Waals surface area contributed by atoms with Gasteiger partial charge in [0, 0.05) is 6.42 Å². The van der Waals surface area contributed by atoms with Crippen LogP contribution in [0.1, 0.15) is 6.42 Å². The van der Waals surface area contributed by atoms with E-state index in [0.29, 0.717) is 0 Å². The largest absolute Gasteiger partial charge is 0.479 e. The molecule has 0 aromatic carbocycles. The van der Waals surface area contributed by atoms with Crippen LogP contribution in [0.5, 0.6) is 0 Å². The summed E-state index contributed by atoms with van der Waals surface area (Å²) in [5.41, 5.74) is 0. The number of carboxylic acid groups (broad SMARTS) is 2. The first-order chi connectivity index (χ1) is 23.4. The number of ether oxygens (including phenoxy) is 7. The average Bonchev–Trinajstić information content (AvgIpc) is 3.07. The summed E-state index contributed by atoms with van der Waals surface area (Å²) < 4.78 is 37.6. The SMILES string of the molecule is O=C(O)[C@H]1O[C@H](O[C@H]2[C@H](O)[C@H](O)[C@@H](O[C@H]3[C@@H]([C@H](O)CO)OC(O)(C(=O)O)C[C@H]3O)O[C@@H]2CO[C@H]2O[C@H](CO)[C@H](O)[C@H](O)[C@H]2O)[C@H](O)[C@@H](O)[C@H]1O. The van der Waals surface area contributed by atoms with Crippen LogP contribution in [-0.4, -0.2) is 231 Å². The maximum atomic E-state index is 11.6. The fraction of sp³-hybridized carbons (Fsp3) is 0.923. The Morgan fingerprint density at radius 2 is 1.24 bits per heavy atom. The van der Waals surface area contributed by atoms with Gasteiger partial charge < -0.3 is 110 Å². The highest BCUT2D eigenvalue weighted by molar-refractivity contribution is 5.75. The standard InChI is InChI=1S/C26H42O24/c27-2-6(30)18-17(5(29)1-26(43,50-18)25(41)42)47-23-16(38)13(35)19(48-24-15(37)11(33)12(34)20(49-24)21(39)40)8(46-23)4-44-22-14(36)10(32)9(31)7(3-28)45-22/h5-20,22-24,27-38,43H,1-4H2,(H,39,40)(H,41,42)/t5-,6-,7-,8-,9+,10+,11+,12-,13-,14-,15-,16+,17-,18-,19-,20+,22+,23-,24+,26?/m1/s1. The van der Waals surface area contributed by atoms with Gasteiger partial charge in [-0.1, -0.05) is 0 Å². The lowest BCUT2D eigenvalue weighted by molar-refractivity contribution is -0.383. The van der Waals surface area contributed by atoms with Crippen molar-refractivity contribution in [3.63, 3.8) is 0 Å². The van der Waals surface area contributed by atoms with Gasteiger partial charge in [-0.25, -0.2) is 9.59 Å². The maximum Gasteiger partial charge on any atom is 0.364 e. The van der Waals surface area contributed by atoms with Crippen LogP contribution in [0.2, 0.25) is 0 Å². The molecule has 0 spiro atoms. The van der Waals surface area contributed by atoms with Crippen molar-refractivity contribution in [2.24, 2.45) is 0 Å². The number of hydrogen-bond donors (Lipinski definition) is 15. The molecular weight excluding hydrogens is 696 g/mol. The molecule has 290 valence electrons. The summed E-state index contributed by atoms with van der Waals surface area (Å²) in [7, 11) is 0. The van der Waals surface area contributed by atoms with Crippen LogP contribution < -0.4 is 0 Å². The number of rotatable bonds is 12. The van der Waals surface area contributed by atoms with E-state index in [1.165, 1.54) is 0 Å². The topological polar surface area (TPSA) is 402 Å². The summed E-state index contributed by atoms with van der Waals surface area (Å²) in [6.45, 7) is -2.87. The van der Waals surface area contributed by atoms with Crippen molar-refractivity contribution in [1.82, 2.24) is 0 Å². The molecule has 50 heavy (non-hydrogen) atoms. The molecule has 4 heterocycles. The van der Waals surface area contributed by atoms with E-state index in [0.717, 1.165) is 0 Å². The lowest BCUT2D eigenvalue weighted by atomic mass is 9.92. The van der Waals surface area contributed by atoms with Gasteiger partial charge in [-0.3, -0.25) is 0 Å². The quantitative estimate of drug-likeness (QED) is 0.0883. The average molecular weight is 739 g/mol. The van der Waals surface area contributed by atoms with Gasteiger partial charge in [0.25, 0.3) is 5.79 Å². The Morgan fingerprint density at radius 3 is 1.82 bits per heavy atom. The highest BCUT2D eigenvalue weighted by Gasteiger charge is 2.57. The second-order valence-electron chi connectivity index (χ2n) is 12.2. The van der Waals surface area contributed by atoms with E-state index in [-0.39, 0.29) is 0 Å². The Bertz CT molecular complexity index is 1150. The van der Waals surface area contributed by atoms with Gasteiger partial charge in [0.15, 0.2) is 25.0 Å². The van der Waals surface area contributed by atoms with Gasteiger partial charge in [-0.05, 0) is 0 Å². The van der Waals surface area contributed by atoms with Crippen molar-refractivity contribution in [1.29, 1.82) is 0 Å². The first-order valence-electron chi connectivity index (χ1n) is 15.1. The monoisotopic (exact) mass is 738 g/mol. The zero-order valence-corrected chi connectivity index (χ0v) is 25.7. The zero-order chi connectivity index (χ0) is 37.4. The molecule has 0 aliphatic carbocycles. The molecule has 4 saturated heterocycles. The molecule has 24 heteroatoms. The first-order valence-corrected chi connectivity index (χ1v) is 15.1. The van der Waals surface area contributed by atoms with Gasteiger partial charge in [-0.15, -0.1) is 0 Å². The number of hydrogen-bond acceptors (Lipinski definition) is 22. The molecule has 20 atom stereocenters. The van der Waals surface area contributed by atoms with Crippen LogP contribution in [0.3, 0.4) is 0 Å². The van der Waals surface area contributed by atoms with E-state index in [2.05, 4.69) is 0 Å². The van der Waals surface area contributed by atoms with Crippen molar-refractivity contribution < 1.29 is 119 Å². The van der Waals surface area contributed by atoms with E-state index in [1.54, 1.807) is 0 Å². The molecule has 4 aliphatic heterocycles. The summed E-state index contributed by atoms with van der Waals surface area (Å²) in [5.74, 6) is -6.84. The van der Waals surface area contributed by atoms with E-state index in [9.17, 15) is 86.2 Å². The number of carbonyl (C=O) groups is 2. The Morgan fingerprint density at radius 1 is 0.700 bits per heavy atom. The smallest absolute Gasteiger partial charge is 0.364 e. The molecule has 0 aromatic rings. The molecule has 4 fully saturated rings. The predicted octanol–water partition coefficient (Wildman–Crippen LogP) is -9.81. The minimum atomic E-state index is -3.07. The Labute approximate surface area is 280 Å². The van der Waals surface area contributed by atoms with Gasteiger partial charge in [0.2, 0.25) is 0 Å². The van der Waals surface area contributed by atoms with Crippen molar-refractivity contribution in [3.8, 4) is 0 Å². The van der Waals surface area contributed by atoms with E-state index < -0.39 is 161 Å². The molecule has 4 rings (SSSR count). The number of aliphatic hydroxyl groups excluding tert-OH is 12. The van der Waals surface area contributed by atoms with Gasteiger partial charge in [0.05, 0.1) is 25.9 Å². The third-order valence-electron chi connectivity index (χ3n) is 8.73. The van der Waals surface area contributed by atoms with Crippen molar-refractivity contribution >= 4 is 11.9 Å². The molecular formula is C26H42O24. The molecule has 1 unspecified atom stereocenters. The maximum absolute atomic E-state index is 11.6. The Kier molecular flexibility index (Phi) is 13.4. The van der Waals surface area contributed by atoms with Gasteiger partial charge in [0.1, 0.15) is 85.5 Å². The van der Waals surface area contributed by atoms with E-state index >= 15 is 0 Å². The van der Waals surface area contributed by atoms with Crippen LogP contribution in [0.25, 0.3) is 0 Å². The molecule has 0 amide bonds. The molecule has 4 aliphatic rings. The highest BCUT2D eigenvalue weighted by atomic mass is 16.8. The van der Waals surface area contributed by atoms with Crippen LogP contribution >= 0.6 is 0 Å². The van der Waals surface area contributed by atoms with Crippen molar-refractivity contribution in [3.05, 3.63) is 0 Å². The minimum absolute atomic E-state index is 0.850. The molecule has 0 radical (unpaired) electrons. The van der Waals surface area contributed by atoms with Crippen LogP contribution in [0.4, 0.5) is 0 Å². The molecule has 0 bridgehead atoms. The molecule has 0 aromatic heterocycles. The molecule has 15 N–H and O–H groups in total. The number of aliphatic hydroxyl groups is 13. The van der Waals surface area contributed by atoms with E-state index in [4.69, 9.17) is 33.2 Å². The van der Waals surface area contributed by atoms with Crippen molar-refractivity contribution in [2.45, 2.75) is 129 Å². The fourth-order valence-electron chi connectivity index (χ4n) is 5.86.